The maximum Gasteiger partial charge on any atom is 0.359 e. The Morgan fingerprint density at radius 3 is 3.06 bits per heavy atom. The smallest absolute Gasteiger partial charge is 0.359 e. The highest BCUT2D eigenvalue weighted by atomic mass is 79.9. The summed E-state index contributed by atoms with van der Waals surface area (Å²) in [6, 6.07) is 0. The third kappa shape index (κ3) is 3.51. The molecule has 0 aromatic carbocycles. The van der Waals surface area contributed by atoms with Crippen molar-refractivity contribution in [2.75, 3.05) is 17.7 Å². The van der Waals surface area contributed by atoms with Crippen molar-refractivity contribution in [3.63, 3.8) is 0 Å². The van der Waals surface area contributed by atoms with Crippen molar-refractivity contribution in [1.29, 1.82) is 0 Å². The van der Waals surface area contributed by atoms with E-state index in [0.29, 0.717) is 23.0 Å². The molecular formula is C10H11BrN2O2S. The van der Waals surface area contributed by atoms with E-state index in [-0.39, 0.29) is 5.69 Å². The van der Waals surface area contributed by atoms with Gasteiger partial charge in [-0.1, -0.05) is 39.1 Å². The van der Waals surface area contributed by atoms with Gasteiger partial charge >= 0.3 is 5.97 Å². The van der Waals surface area contributed by atoms with Crippen LogP contribution in [-0.2, 0) is 4.74 Å². The van der Waals surface area contributed by atoms with Gasteiger partial charge in [0.25, 0.3) is 0 Å². The van der Waals surface area contributed by atoms with E-state index < -0.39 is 5.97 Å². The molecule has 1 heterocycles. The molecule has 0 spiro atoms. The van der Waals surface area contributed by atoms with Crippen molar-refractivity contribution >= 4 is 38.4 Å². The van der Waals surface area contributed by atoms with Crippen molar-refractivity contribution in [3.05, 3.63) is 10.6 Å². The predicted molar refractivity (Wildman–Crippen MR) is 67.8 cm³/mol. The van der Waals surface area contributed by atoms with E-state index in [1.54, 1.807) is 6.92 Å². The van der Waals surface area contributed by atoms with E-state index in [4.69, 9.17) is 10.5 Å². The Kier molecular flexibility index (Phi) is 5.29. The van der Waals surface area contributed by atoms with Gasteiger partial charge in [0.15, 0.2) is 10.8 Å². The Bertz CT molecular complexity index is 434. The Labute approximate surface area is 106 Å². The lowest BCUT2D eigenvalue weighted by molar-refractivity contribution is 0.0520. The van der Waals surface area contributed by atoms with Gasteiger partial charge in [0.2, 0.25) is 0 Å². The average molecular weight is 303 g/mol. The highest BCUT2D eigenvalue weighted by Gasteiger charge is 2.16. The third-order valence-electron chi connectivity index (χ3n) is 1.53. The number of anilines is 1. The van der Waals surface area contributed by atoms with Gasteiger partial charge in [-0.25, -0.2) is 9.78 Å². The fourth-order valence-electron chi connectivity index (χ4n) is 0.949. The molecule has 0 saturated carbocycles. The summed E-state index contributed by atoms with van der Waals surface area (Å²) in [5, 5.41) is 1.12. The Hall–Kier alpha value is -1.06. The van der Waals surface area contributed by atoms with Crippen molar-refractivity contribution < 1.29 is 9.53 Å². The third-order valence-corrected chi connectivity index (χ3v) is 2.73. The van der Waals surface area contributed by atoms with Gasteiger partial charge in [-0.2, -0.15) is 0 Å². The summed E-state index contributed by atoms with van der Waals surface area (Å²) < 4.78 is 4.86. The molecular weight excluding hydrogens is 292 g/mol. The molecule has 0 atom stereocenters. The molecule has 4 nitrogen and oxygen atoms in total. The molecule has 0 unspecified atom stereocenters. The van der Waals surface area contributed by atoms with E-state index in [1.165, 1.54) is 11.3 Å². The second-order valence-electron chi connectivity index (χ2n) is 2.69. The fraction of sp³-hybridized carbons (Fsp3) is 0.400. The van der Waals surface area contributed by atoms with Crippen LogP contribution in [0.15, 0.2) is 0 Å². The molecule has 0 aliphatic heterocycles. The quantitative estimate of drug-likeness (QED) is 0.527. The number of alkyl halides is 1. The molecule has 0 amide bonds. The topological polar surface area (TPSA) is 65.2 Å². The number of aromatic nitrogens is 1. The zero-order valence-corrected chi connectivity index (χ0v) is 11.2. The maximum absolute atomic E-state index is 11.5. The number of esters is 1. The summed E-state index contributed by atoms with van der Waals surface area (Å²) >= 11 is 4.47. The second kappa shape index (κ2) is 6.51. The molecule has 16 heavy (non-hydrogen) atoms. The lowest BCUT2D eigenvalue weighted by atomic mass is 10.3. The van der Waals surface area contributed by atoms with Gasteiger partial charge in [-0.05, 0) is 6.92 Å². The van der Waals surface area contributed by atoms with Crippen LogP contribution in [0, 0.1) is 11.8 Å². The number of carbonyl (C=O) groups is 1. The first-order chi connectivity index (χ1) is 7.69. The number of nitrogen functional groups attached to an aromatic ring is 1. The van der Waals surface area contributed by atoms with Crippen molar-refractivity contribution in [3.8, 4) is 11.8 Å². The average Bonchev–Trinajstić information content (AvgIpc) is 2.61. The summed E-state index contributed by atoms with van der Waals surface area (Å²) in [5.41, 5.74) is 5.75. The first kappa shape index (κ1) is 13.0. The van der Waals surface area contributed by atoms with Gasteiger partial charge in [0.05, 0.1) is 6.61 Å². The normalized spacial score (nSPS) is 9.38. The van der Waals surface area contributed by atoms with Crippen LogP contribution in [0.2, 0.25) is 0 Å². The number of nitrogens with zero attached hydrogens (tertiary/aromatic N) is 1. The molecule has 1 aromatic rings. The molecule has 0 aliphatic rings. The lowest BCUT2D eigenvalue weighted by Gasteiger charge is -1.97. The van der Waals surface area contributed by atoms with Gasteiger partial charge in [0, 0.05) is 11.8 Å². The van der Waals surface area contributed by atoms with E-state index in [1.807, 2.05) is 0 Å². The molecule has 0 bridgehead atoms. The number of hydrogen-bond acceptors (Lipinski definition) is 5. The SMILES string of the molecule is CCOC(=O)c1nc(N)sc1C#CCCBr. The van der Waals surface area contributed by atoms with Crippen molar-refractivity contribution in [1.82, 2.24) is 4.98 Å². The lowest BCUT2D eigenvalue weighted by Crippen LogP contribution is -2.06. The fourth-order valence-corrected chi connectivity index (χ4v) is 1.84. The largest absolute Gasteiger partial charge is 0.461 e. The van der Waals surface area contributed by atoms with Gasteiger partial charge in [-0.3, -0.25) is 0 Å². The molecule has 2 N–H and O–H groups in total. The van der Waals surface area contributed by atoms with Crippen molar-refractivity contribution in [2.24, 2.45) is 0 Å². The summed E-state index contributed by atoms with van der Waals surface area (Å²) in [4.78, 5) is 16.0. The van der Waals surface area contributed by atoms with Gasteiger partial charge in [0.1, 0.15) is 4.88 Å². The standard InChI is InChI=1S/C10H11BrN2O2S/c1-2-15-9(14)8-7(5-3-4-6-11)16-10(12)13-8/h2,4,6H2,1H3,(H2,12,13). The first-order valence-corrected chi connectivity index (χ1v) is 6.61. The van der Waals surface area contributed by atoms with Gasteiger partial charge in [-0.15, -0.1) is 0 Å². The Morgan fingerprint density at radius 1 is 1.69 bits per heavy atom. The molecule has 6 heteroatoms. The van der Waals surface area contributed by atoms with Crippen LogP contribution in [0.4, 0.5) is 5.13 Å². The van der Waals surface area contributed by atoms with Crippen LogP contribution in [0.3, 0.4) is 0 Å². The number of hydrogen-bond donors (Lipinski definition) is 1. The minimum Gasteiger partial charge on any atom is -0.461 e. The van der Waals surface area contributed by atoms with E-state index in [2.05, 4.69) is 32.8 Å². The minimum absolute atomic E-state index is 0.214. The summed E-state index contributed by atoms with van der Waals surface area (Å²) in [6.45, 7) is 2.05. The predicted octanol–water partition coefficient (Wildman–Crippen LogP) is 2.04. The second-order valence-corrected chi connectivity index (χ2v) is 4.51. The summed E-state index contributed by atoms with van der Waals surface area (Å²) in [6.07, 6.45) is 0.708. The zero-order valence-electron chi connectivity index (χ0n) is 8.75. The van der Waals surface area contributed by atoms with E-state index in [9.17, 15) is 4.79 Å². The van der Waals surface area contributed by atoms with Gasteiger partial charge < -0.3 is 10.5 Å². The number of carbonyl (C=O) groups excluding carboxylic acids is 1. The van der Waals surface area contributed by atoms with E-state index in [0.717, 1.165) is 5.33 Å². The number of rotatable bonds is 3. The van der Waals surface area contributed by atoms with Crippen LogP contribution >= 0.6 is 27.3 Å². The first-order valence-electron chi connectivity index (χ1n) is 4.67. The molecule has 0 saturated heterocycles. The number of halogens is 1. The highest BCUT2D eigenvalue weighted by molar-refractivity contribution is 9.09. The van der Waals surface area contributed by atoms with Crippen LogP contribution in [0.5, 0.6) is 0 Å². The highest BCUT2D eigenvalue weighted by Crippen LogP contribution is 2.20. The minimum atomic E-state index is -0.474. The number of ether oxygens (including phenoxy) is 1. The van der Waals surface area contributed by atoms with Crippen LogP contribution in [-0.4, -0.2) is 22.9 Å². The molecule has 86 valence electrons. The Morgan fingerprint density at radius 2 is 2.44 bits per heavy atom. The maximum atomic E-state index is 11.5. The van der Waals surface area contributed by atoms with Crippen LogP contribution < -0.4 is 5.73 Å². The summed E-state index contributed by atoms with van der Waals surface area (Å²) in [5.74, 6) is 5.31. The number of thiazole rings is 1. The number of nitrogens with two attached hydrogens (primary N) is 1. The monoisotopic (exact) mass is 302 g/mol. The van der Waals surface area contributed by atoms with Crippen molar-refractivity contribution in [2.45, 2.75) is 13.3 Å². The van der Waals surface area contributed by atoms with Crippen LogP contribution in [0.1, 0.15) is 28.7 Å². The summed E-state index contributed by atoms with van der Waals surface area (Å²) in [7, 11) is 0. The molecule has 1 rings (SSSR count). The Balaban J connectivity index is 2.92. The molecule has 0 aliphatic carbocycles. The molecule has 1 aromatic heterocycles. The zero-order chi connectivity index (χ0) is 12.0. The van der Waals surface area contributed by atoms with E-state index >= 15 is 0 Å². The molecule has 0 fully saturated rings. The molecule has 0 radical (unpaired) electrons. The van der Waals surface area contributed by atoms with Crippen LogP contribution in [0.25, 0.3) is 0 Å².